The third-order valence-electron chi connectivity index (χ3n) is 4.86. The molecule has 2 aromatic carbocycles. The van der Waals surface area contributed by atoms with E-state index in [0.29, 0.717) is 5.75 Å². The lowest BCUT2D eigenvalue weighted by Gasteiger charge is -2.27. The second-order valence-corrected chi connectivity index (χ2v) is 9.49. The maximum Gasteiger partial charge on any atom is 0.261 e. The van der Waals surface area contributed by atoms with Crippen molar-refractivity contribution >= 4 is 23.2 Å². The highest BCUT2D eigenvalue weighted by Crippen LogP contribution is 2.39. The number of benzene rings is 2. The van der Waals surface area contributed by atoms with Crippen molar-refractivity contribution in [2.24, 2.45) is 5.10 Å². The molecule has 7 heteroatoms. The normalized spacial score (nSPS) is 12.6. The van der Waals surface area contributed by atoms with Crippen LogP contribution in [0.4, 0.5) is 0 Å². The summed E-state index contributed by atoms with van der Waals surface area (Å²) in [5, 5.41) is 23.0. The number of para-hydroxylation sites is 1. The standard InChI is InChI=1S/C23H29N5O2/c1-22(2,3)16-11-15(12-17(21(16)30)23(4,5)6)13-24-26-20(29)14-28-19-10-8-7-9-18(19)25-27-28/h7-13,30H,14H2,1-6H3,(H,26,29). The molecule has 0 aliphatic carbocycles. The molecule has 2 N–H and O–H groups in total. The van der Waals surface area contributed by atoms with Crippen molar-refractivity contribution < 1.29 is 9.90 Å². The number of hydrogen-bond acceptors (Lipinski definition) is 5. The molecule has 0 aliphatic heterocycles. The zero-order chi connectivity index (χ0) is 22.1. The third-order valence-corrected chi connectivity index (χ3v) is 4.86. The Morgan fingerprint density at radius 2 is 1.70 bits per heavy atom. The first kappa shape index (κ1) is 21.5. The van der Waals surface area contributed by atoms with E-state index < -0.39 is 0 Å². The Hall–Kier alpha value is -3.22. The zero-order valence-electron chi connectivity index (χ0n) is 18.4. The van der Waals surface area contributed by atoms with Gasteiger partial charge in [-0.3, -0.25) is 4.79 Å². The molecule has 0 aliphatic rings. The number of fused-ring (bicyclic) bond motifs is 1. The monoisotopic (exact) mass is 407 g/mol. The van der Waals surface area contributed by atoms with E-state index in [1.165, 1.54) is 4.68 Å². The van der Waals surface area contributed by atoms with Crippen LogP contribution in [-0.4, -0.2) is 32.2 Å². The molecule has 7 nitrogen and oxygen atoms in total. The predicted octanol–water partition coefficient (Wildman–Crippen LogP) is 3.88. The molecule has 1 amide bonds. The quantitative estimate of drug-likeness (QED) is 0.507. The van der Waals surface area contributed by atoms with Gasteiger partial charge in [-0.1, -0.05) is 58.9 Å². The van der Waals surface area contributed by atoms with Crippen LogP contribution >= 0.6 is 0 Å². The molecular formula is C23H29N5O2. The average Bonchev–Trinajstić information content (AvgIpc) is 3.04. The number of carbonyl (C=O) groups excluding carboxylic acids is 1. The Bertz CT molecular complexity index is 1070. The van der Waals surface area contributed by atoms with Crippen molar-refractivity contribution in [3.63, 3.8) is 0 Å². The number of hydrazone groups is 1. The number of phenolic OH excluding ortho intramolecular Hbond substituents is 1. The average molecular weight is 408 g/mol. The Balaban J connectivity index is 1.79. The molecule has 0 radical (unpaired) electrons. The van der Waals surface area contributed by atoms with E-state index in [1.807, 2.05) is 36.4 Å². The van der Waals surface area contributed by atoms with E-state index in [0.717, 1.165) is 27.7 Å². The minimum Gasteiger partial charge on any atom is -0.507 e. The molecule has 158 valence electrons. The van der Waals surface area contributed by atoms with Crippen LogP contribution < -0.4 is 5.43 Å². The van der Waals surface area contributed by atoms with E-state index in [9.17, 15) is 9.90 Å². The van der Waals surface area contributed by atoms with Gasteiger partial charge in [0.15, 0.2) is 0 Å². The number of phenols is 1. The second kappa shape index (κ2) is 7.89. The molecule has 0 spiro atoms. The maximum atomic E-state index is 12.3. The number of aromatic hydroxyl groups is 1. The molecule has 1 aromatic heterocycles. The zero-order valence-corrected chi connectivity index (χ0v) is 18.4. The summed E-state index contributed by atoms with van der Waals surface area (Å²) in [6.07, 6.45) is 1.60. The highest BCUT2D eigenvalue weighted by molar-refractivity contribution is 5.84. The molecular weight excluding hydrogens is 378 g/mol. The number of carbonyl (C=O) groups is 1. The Morgan fingerprint density at radius 1 is 1.10 bits per heavy atom. The van der Waals surface area contributed by atoms with E-state index in [1.54, 1.807) is 6.21 Å². The number of rotatable bonds is 4. The fourth-order valence-corrected chi connectivity index (χ4v) is 3.26. The summed E-state index contributed by atoms with van der Waals surface area (Å²) in [7, 11) is 0. The number of nitrogens with one attached hydrogen (secondary N) is 1. The fraction of sp³-hybridized carbons (Fsp3) is 0.391. The van der Waals surface area contributed by atoms with Crippen molar-refractivity contribution in [2.45, 2.75) is 58.9 Å². The van der Waals surface area contributed by atoms with E-state index in [4.69, 9.17) is 0 Å². The molecule has 0 fully saturated rings. The topological polar surface area (TPSA) is 92.4 Å². The van der Waals surface area contributed by atoms with E-state index in [2.05, 4.69) is 62.4 Å². The van der Waals surface area contributed by atoms with Crippen LogP contribution in [0.2, 0.25) is 0 Å². The van der Waals surface area contributed by atoms with Crippen molar-refractivity contribution in [2.75, 3.05) is 0 Å². The van der Waals surface area contributed by atoms with E-state index >= 15 is 0 Å². The van der Waals surface area contributed by atoms with Gasteiger partial charge in [0.2, 0.25) is 0 Å². The summed E-state index contributed by atoms with van der Waals surface area (Å²) in [5.41, 5.74) is 6.12. The molecule has 0 bridgehead atoms. The lowest BCUT2D eigenvalue weighted by molar-refractivity contribution is -0.121. The van der Waals surface area contributed by atoms with Crippen LogP contribution in [0, 0.1) is 0 Å². The van der Waals surface area contributed by atoms with Crippen molar-refractivity contribution in [1.29, 1.82) is 0 Å². The van der Waals surface area contributed by atoms with E-state index in [-0.39, 0.29) is 23.3 Å². The van der Waals surface area contributed by atoms with Crippen molar-refractivity contribution in [3.05, 3.63) is 53.1 Å². The molecule has 0 atom stereocenters. The Kier molecular flexibility index (Phi) is 5.65. The SMILES string of the molecule is CC(C)(C)c1cc(C=NNC(=O)Cn2nnc3ccccc32)cc(C(C)(C)C)c1O. The summed E-state index contributed by atoms with van der Waals surface area (Å²) < 4.78 is 1.54. The first-order valence-electron chi connectivity index (χ1n) is 9.95. The van der Waals surface area contributed by atoms with Gasteiger partial charge in [-0.05, 0) is 40.7 Å². The first-order valence-corrected chi connectivity index (χ1v) is 9.95. The van der Waals surface area contributed by atoms with Crippen LogP contribution in [0.1, 0.15) is 58.2 Å². The molecule has 1 heterocycles. The number of aromatic nitrogens is 3. The van der Waals surface area contributed by atoms with Crippen LogP contribution in [0.15, 0.2) is 41.5 Å². The highest BCUT2D eigenvalue weighted by atomic mass is 16.3. The van der Waals surface area contributed by atoms with Gasteiger partial charge in [0, 0.05) is 11.1 Å². The first-order chi connectivity index (χ1) is 14.0. The molecule has 0 saturated heterocycles. The molecule has 0 saturated carbocycles. The van der Waals surface area contributed by atoms with Gasteiger partial charge < -0.3 is 5.11 Å². The Labute approximate surface area is 176 Å². The molecule has 30 heavy (non-hydrogen) atoms. The molecule has 3 rings (SSSR count). The highest BCUT2D eigenvalue weighted by Gasteiger charge is 2.26. The van der Waals surface area contributed by atoms with Gasteiger partial charge in [-0.2, -0.15) is 5.10 Å². The van der Waals surface area contributed by atoms with Crippen molar-refractivity contribution in [1.82, 2.24) is 20.4 Å². The lowest BCUT2D eigenvalue weighted by Crippen LogP contribution is -2.24. The van der Waals surface area contributed by atoms with Gasteiger partial charge in [0.1, 0.15) is 17.8 Å². The summed E-state index contributed by atoms with van der Waals surface area (Å²) in [4.78, 5) is 12.3. The van der Waals surface area contributed by atoms with Crippen LogP contribution in [0.3, 0.4) is 0 Å². The number of amides is 1. The summed E-state index contributed by atoms with van der Waals surface area (Å²) in [5.74, 6) is 0.0158. The largest absolute Gasteiger partial charge is 0.507 e. The number of nitrogens with zero attached hydrogens (tertiary/aromatic N) is 4. The van der Waals surface area contributed by atoms with Crippen LogP contribution in [-0.2, 0) is 22.2 Å². The van der Waals surface area contributed by atoms with Gasteiger partial charge in [-0.25, -0.2) is 10.1 Å². The van der Waals surface area contributed by atoms with Gasteiger partial charge >= 0.3 is 0 Å². The van der Waals surface area contributed by atoms with Crippen molar-refractivity contribution in [3.8, 4) is 5.75 Å². The minimum atomic E-state index is -0.298. The predicted molar refractivity (Wildman–Crippen MR) is 119 cm³/mol. The van der Waals surface area contributed by atoms with Gasteiger partial charge in [0.25, 0.3) is 5.91 Å². The maximum absolute atomic E-state index is 12.3. The Morgan fingerprint density at radius 3 is 2.30 bits per heavy atom. The van der Waals surface area contributed by atoms with Crippen LogP contribution in [0.25, 0.3) is 11.0 Å². The summed E-state index contributed by atoms with van der Waals surface area (Å²) >= 11 is 0. The second-order valence-electron chi connectivity index (χ2n) is 9.49. The molecule has 3 aromatic rings. The minimum absolute atomic E-state index is 0.0217. The summed E-state index contributed by atoms with van der Waals surface area (Å²) in [6, 6.07) is 11.3. The fourth-order valence-electron chi connectivity index (χ4n) is 3.26. The van der Waals surface area contributed by atoms with Gasteiger partial charge in [-0.15, -0.1) is 5.10 Å². The number of hydrogen-bond donors (Lipinski definition) is 2. The molecule has 0 unspecified atom stereocenters. The summed E-state index contributed by atoms with van der Waals surface area (Å²) in [6.45, 7) is 12.4. The smallest absolute Gasteiger partial charge is 0.261 e. The third kappa shape index (κ3) is 4.67. The lowest BCUT2D eigenvalue weighted by atomic mass is 9.78. The van der Waals surface area contributed by atoms with Gasteiger partial charge in [0.05, 0.1) is 11.7 Å². The van der Waals surface area contributed by atoms with Crippen LogP contribution in [0.5, 0.6) is 5.75 Å².